The lowest BCUT2D eigenvalue weighted by Crippen LogP contribution is -2.29. The highest BCUT2D eigenvalue weighted by atomic mass is 16.3. The Balaban J connectivity index is 2.87. The minimum absolute atomic E-state index is 0.245. The van der Waals surface area contributed by atoms with Crippen molar-refractivity contribution in [2.45, 2.75) is 19.4 Å². The zero-order valence-corrected chi connectivity index (χ0v) is 9.48. The minimum atomic E-state index is 0.245. The minimum Gasteiger partial charge on any atom is -0.508 e. The molecule has 0 aromatic heterocycles. The van der Waals surface area contributed by atoms with Gasteiger partial charge in [0.05, 0.1) is 0 Å². The third kappa shape index (κ3) is 2.94. The summed E-state index contributed by atoms with van der Waals surface area (Å²) in [5, 5.41) is 9.77. The van der Waals surface area contributed by atoms with E-state index in [9.17, 15) is 5.11 Å². The van der Waals surface area contributed by atoms with Gasteiger partial charge in [0.15, 0.2) is 0 Å². The SMILES string of the molecule is CCC(c1ccccc1O)N(C)CCN. The van der Waals surface area contributed by atoms with Gasteiger partial charge in [-0.1, -0.05) is 25.1 Å². The number of benzene rings is 1. The molecule has 1 unspecified atom stereocenters. The molecule has 3 nitrogen and oxygen atoms in total. The fraction of sp³-hybridized carbons (Fsp3) is 0.500. The fourth-order valence-electron chi connectivity index (χ4n) is 1.90. The molecule has 3 N–H and O–H groups in total. The van der Waals surface area contributed by atoms with Crippen LogP contribution in [0.1, 0.15) is 24.9 Å². The maximum absolute atomic E-state index is 9.77. The summed E-state index contributed by atoms with van der Waals surface area (Å²) >= 11 is 0. The van der Waals surface area contributed by atoms with Gasteiger partial charge >= 0.3 is 0 Å². The normalized spacial score (nSPS) is 13.1. The van der Waals surface area contributed by atoms with Gasteiger partial charge in [-0.3, -0.25) is 4.90 Å². The smallest absolute Gasteiger partial charge is 0.120 e. The van der Waals surface area contributed by atoms with Crippen molar-refractivity contribution >= 4 is 0 Å². The number of para-hydroxylation sites is 1. The van der Waals surface area contributed by atoms with Crippen molar-refractivity contribution in [3.05, 3.63) is 29.8 Å². The summed E-state index contributed by atoms with van der Waals surface area (Å²) in [6, 6.07) is 7.74. The highest BCUT2D eigenvalue weighted by molar-refractivity contribution is 5.34. The Labute approximate surface area is 91.5 Å². The molecular weight excluding hydrogens is 188 g/mol. The molecule has 0 aliphatic carbocycles. The summed E-state index contributed by atoms with van der Waals surface area (Å²) < 4.78 is 0. The Hall–Kier alpha value is -1.06. The molecule has 0 amide bonds. The molecule has 1 aromatic rings. The molecule has 0 radical (unpaired) electrons. The predicted octanol–water partition coefficient (Wildman–Crippen LogP) is 1.73. The molecule has 0 saturated heterocycles. The topological polar surface area (TPSA) is 49.5 Å². The van der Waals surface area contributed by atoms with Gasteiger partial charge in [-0.05, 0) is 19.5 Å². The highest BCUT2D eigenvalue weighted by Gasteiger charge is 2.16. The number of nitrogens with zero attached hydrogens (tertiary/aromatic N) is 1. The molecule has 0 spiro atoms. The van der Waals surface area contributed by atoms with Crippen LogP contribution in [0.4, 0.5) is 0 Å². The number of aromatic hydroxyl groups is 1. The first-order valence-electron chi connectivity index (χ1n) is 5.38. The van der Waals surface area contributed by atoms with Crippen LogP contribution < -0.4 is 5.73 Å². The average molecular weight is 208 g/mol. The van der Waals surface area contributed by atoms with E-state index in [1.807, 2.05) is 25.2 Å². The number of phenols is 1. The lowest BCUT2D eigenvalue weighted by atomic mass is 10.0. The second-order valence-corrected chi connectivity index (χ2v) is 3.75. The molecule has 0 aliphatic rings. The van der Waals surface area contributed by atoms with Crippen LogP contribution in [-0.2, 0) is 0 Å². The van der Waals surface area contributed by atoms with Crippen LogP contribution in [0.15, 0.2) is 24.3 Å². The van der Waals surface area contributed by atoms with Crippen LogP contribution in [0.5, 0.6) is 5.75 Å². The number of rotatable bonds is 5. The lowest BCUT2D eigenvalue weighted by molar-refractivity contribution is 0.240. The van der Waals surface area contributed by atoms with E-state index >= 15 is 0 Å². The summed E-state index contributed by atoms with van der Waals surface area (Å²) in [6.45, 7) is 3.59. The molecule has 1 atom stereocenters. The van der Waals surface area contributed by atoms with Crippen LogP contribution in [-0.4, -0.2) is 30.1 Å². The molecule has 1 aromatic carbocycles. The second-order valence-electron chi connectivity index (χ2n) is 3.75. The van der Waals surface area contributed by atoms with E-state index in [4.69, 9.17) is 5.73 Å². The Morgan fingerprint density at radius 2 is 2.07 bits per heavy atom. The van der Waals surface area contributed by atoms with Gasteiger partial charge < -0.3 is 10.8 Å². The van der Waals surface area contributed by atoms with Crippen LogP contribution in [0.25, 0.3) is 0 Å². The largest absolute Gasteiger partial charge is 0.508 e. The fourth-order valence-corrected chi connectivity index (χ4v) is 1.90. The van der Waals surface area contributed by atoms with Crippen molar-refractivity contribution in [2.75, 3.05) is 20.1 Å². The lowest BCUT2D eigenvalue weighted by Gasteiger charge is -2.27. The molecule has 0 bridgehead atoms. The molecule has 0 fully saturated rings. The van der Waals surface area contributed by atoms with E-state index < -0.39 is 0 Å². The molecule has 0 heterocycles. The molecule has 0 aliphatic heterocycles. The van der Waals surface area contributed by atoms with E-state index in [0.717, 1.165) is 18.5 Å². The molecule has 1 rings (SSSR count). The molecule has 84 valence electrons. The van der Waals surface area contributed by atoms with Gasteiger partial charge in [0.25, 0.3) is 0 Å². The summed E-state index contributed by atoms with van der Waals surface area (Å²) in [4.78, 5) is 2.18. The first-order valence-corrected chi connectivity index (χ1v) is 5.38. The number of hydrogen-bond donors (Lipinski definition) is 2. The Morgan fingerprint density at radius 3 is 2.60 bits per heavy atom. The standard InChI is InChI=1S/C12H20N2O/c1-3-11(14(2)9-8-13)10-6-4-5-7-12(10)15/h4-7,11,15H,3,8-9,13H2,1-2H3. The zero-order chi connectivity index (χ0) is 11.3. The van der Waals surface area contributed by atoms with E-state index in [1.165, 1.54) is 0 Å². The first kappa shape index (κ1) is 12.0. The Kier molecular flexibility index (Phi) is 4.59. The van der Waals surface area contributed by atoms with Crippen LogP contribution in [0.2, 0.25) is 0 Å². The average Bonchev–Trinajstić information content (AvgIpc) is 2.22. The highest BCUT2D eigenvalue weighted by Crippen LogP contribution is 2.29. The van der Waals surface area contributed by atoms with E-state index in [-0.39, 0.29) is 6.04 Å². The maximum Gasteiger partial charge on any atom is 0.120 e. The van der Waals surface area contributed by atoms with Crippen molar-refractivity contribution in [2.24, 2.45) is 5.73 Å². The van der Waals surface area contributed by atoms with Crippen molar-refractivity contribution in [3.63, 3.8) is 0 Å². The van der Waals surface area contributed by atoms with Gasteiger partial charge in [0.1, 0.15) is 5.75 Å². The summed E-state index contributed by atoms with van der Waals surface area (Å²) in [5.41, 5.74) is 6.52. The van der Waals surface area contributed by atoms with E-state index in [2.05, 4.69) is 11.8 Å². The molecular formula is C12H20N2O. The van der Waals surface area contributed by atoms with E-state index in [1.54, 1.807) is 6.07 Å². The maximum atomic E-state index is 9.77. The van der Waals surface area contributed by atoms with Crippen molar-refractivity contribution in [1.82, 2.24) is 4.90 Å². The predicted molar refractivity (Wildman–Crippen MR) is 62.8 cm³/mol. The second kappa shape index (κ2) is 5.73. The van der Waals surface area contributed by atoms with Gasteiger partial charge in [-0.2, -0.15) is 0 Å². The molecule has 0 saturated carbocycles. The molecule has 3 heteroatoms. The van der Waals surface area contributed by atoms with Gasteiger partial charge in [-0.25, -0.2) is 0 Å². The first-order chi connectivity index (χ1) is 7.20. The van der Waals surface area contributed by atoms with Gasteiger partial charge in [-0.15, -0.1) is 0 Å². The summed E-state index contributed by atoms with van der Waals surface area (Å²) in [7, 11) is 2.04. The van der Waals surface area contributed by atoms with Crippen LogP contribution in [0.3, 0.4) is 0 Å². The van der Waals surface area contributed by atoms with Gasteiger partial charge in [0, 0.05) is 24.7 Å². The molecule has 15 heavy (non-hydrogen) atoms. The number of hydrogen-bond acceptors (Lipinski definition) is 3. The van der Waals surface area contributed by atoms with Crippen LogP contribution in [0, 0.1) is 0 Å². The van der Waals surface area contributed by atoms with E-state index in [0.29, 0.717) is 12.3 Å². The Morgan fingerprint density at radius 1 is 1.40 bits per heavy atom. The van der Waals surface area contributed by atoms with Crippen molar-refractivity contribution < 1.29 is 5.11 Å². The Bertz CT molecular complexity index is 301. The quantitative estimate of drug-likeness (QED) is 0.775. The number of likely N-dealkylation sites (N-methyl/N-ethyl adjacent to an activating group) is 1. The zero-order valence-electron chi connectivity index (χ0n) is 9.48. The third-order valence-corrected chi connectivity index (χ3v) is 2.70. The third-order valence-electron chi connectivity index (χ3n) is 2.70. The van der Waals surface area contributed by atoms with Gasteiger partial charge in [0.2, 0.25) is 0 Å². The summed E-state index contributed by atoms with van der Waals surface area (Å²) in [5.74, 6) is 0.369. The number of phenolic OH excluding ortho intramolecular Hbond substituents is 1. The van der Waals surface area contributed by atoms with Crippen molar-refractivity contribution in [3.8, 4) is 5.75 Å². The number of nitrogens with two attached hydrogens (primary N) is 1. The monoisotopic (exact) mass is 208 g/mol. The summed E-state index contributed by atoms with van der Waals surface area (Å²) in [6.07, 6.45) is 0.966. The van der Waals surface area contributed by atoms with Crippen molar-refractivity contribution in [1.29, 1.82) is 0 Å². The van der Waals surface area contributed by atoms with Crippen LogP contribution >= 0.6 is 0 Å².